The zero-order valence-corrected chi connectivity index (χ0v) is 19.4. The van der Waals surface area contributed by atoms with Gasteiger partial charge >= 0.3 is 0 Å². The normalized spacial score (nSPS) is 14.4. The number of nitrogens with one attached hydrogen (secondary N) is 2. The summed E-state index contributed by atoms with van der Waals surface area (Å²) in [5.74, 6) is 2.16. The molecule has 1 aromatic carbocycles. The van der Waals surface area contributed by atoms with Gasteiger partial charge < -0.3 is 29.7 Å². The van der Waals surface area contributed by atoms with E-state index < -0.39 is 0 Å². The third-order valence-electron chi connectivity index (χ3n) is 5.15. The van der Waals surface area contributed by atoms with Gasteiger partial charge in [-0.3, -0.25) is 4.79 Å². The van der Waals surface area contributed by atoms with Gasteiger partial charge in [-0.1, -0.05) is 0 Å². The minimum Gasteiger partial charge on any atom is -0.497 e. The second kappa shape index (κ2) is 13.7. The maximum atomic E-state index is 12.0. The molecule has 0 heterocycles. The largest absolute Gasteiger partial charge is 0.497 e. The summed E-state index contributed by atoms with van der Waals surface area (Å²) in [6.45, 7) is 4.69. The molecule has 8 heteroatoms. The summed E-state index contributed by atoms with van der Waals surface area (Å²) in [5.41, 5.74) is 0.988. The molecule has 0 bridgehead atoms. The average Bonchev–Trinajstić information content (AvgIpc) is 3.28. The molecule has 0 unspecified atom stereocenters. The second-order valence-electron chi connectivity index (χ2n) is 7.78. The van der Waals surface area contributed by atoms with E-state index in [2.05, 4.69) is 10.6 Å². The van der Waals surface area contributed by atoms with E-state index in [1.807, 2.05) is 25.1 Å². The van der Waals surface area contributed by atoms with Crippen LogP contribution >= 0.6 is 0 Å². The monoisotopic (exact) mass is 434 g/mol. The summed E-state index contributed by atoms with van der Waals surface area (Å²) < 4.78 is 17.0. The Labute approximate surface area is 186 Å². The highest BCUT2D eigenvalue weighted by atomic mass is 16.5. The summed E-state index contributed by atoms with van der Waals surface area (Å²) in [5, 5.41) is 6.40. The second-order valence-corrected chi connectivity index (χ2v) is 7.78. The van der Waals surface area contributed by atoms with Crippen LogP contribution in [0.2, 0.25) is 0 Å². The number of benzene rings is 1. The highest BCUT2D eigenvalue weighted by Crippen LogP contribution is 2.30. The van der Waals surface area contributed by atoms with Gasteiger partial charge in [-0.25, -0.2) is 4.99 Å². The third kappa shape index (κ3) is 9.04. The number of hydrogen-bond acceptors (Lipinski definition) is 5. The predicted molar refractivity (Wildman–Crippen MR) is 123 cm³/mol. The van der Waals surface area contributed by atoms with Crippen molar-refractivity contribution in [3.63, 3.8) is 0 Å². The fraction of sp³-hybridized carbons (Fsp3) is 0.652. The standard InChI is InChI=1S/C23H38N4O4/c1-5-30-14-8-13-24-23(26-17-22(28)27(2)3)25-16-18-11-12-20(29-4)15-21(18)31-19-9-6-7-10-19/h11-12,15,19H,5-10,13-14,16-17H2,1-4H3,(H2,24,25,26). The molecule has 2 rings (SSSR count). The quantitative estimate of drug-likeness (QED) is 0.299. The van der Waals surface area contributed by atoms with Gasteiger partial charge in [-0.05, 0) is 51.2 Å². The van der Waals surface area contributed by atoms with Crippen LogP contribution < -0.4 is 20.1 Å². The minimum absolute atomic E-state index is 0.0153. The maximum absolute atomic E-state index is 12.0. The first-order chi connectivity index (χ1) is 15.0. The van der Waals surface area contributed by atoms with E-state index in [-0.39, 0.29) is 18.6 Å². The number of rotatable bonds is 12. The highest BCUT2D eigenvalue weighted by Gasteiger charge is 2.18. The molecule has 174 valence electrons. The van der Waals surface area contributed by atoms with Crippen LogP contribution in [0, 0.1) is 0 Å². The van der Waals surface area contributed by atoms with Gasteiger partial charge in [0.15, 0.2) is 5.96 Å². The van der Waals surface area contributed by atoms with E-state index in [0.29, 0.717) is 32.3 Å². The Bertz CT molecular complexity index is 703. The van der Waals surface area contributed by atoms with Crippen molar-refractivity contribution in [3.05, 3.63) is 23.8 Å². The van der Waals surface area contributed by atoms with Gasteiger partial charge in [0.2, 0.25) is 5.91 Å². The van der Waals surface area contributed by atoms with Crippen LogP contribution in [0.1, 0.15) is 44.6 Å². The zero-order chi connectivity index (χ0) is 22.5. The number of nitrogens with zero attached hydrogens (tertiary/aromatic N) is 2. The van der Waals surface area contributed by atoms with Crippen LogP contribution in [0.3, 0.4) is 0 Å². The molecular formula is C23H38N4O4. The van der Waals surface area contributed by atoms with Gasteiger partial charge in [-0.15, -0.1) is 0 Å². The Kier molecular flexibility index (Phi) is 11.0. The Morgan fingerprint density at radius 1 is 1.23 bits per heavy atom. The molecule has 1 aromatic rings. The van der Waals surface area contributed by atoms with Crippen molar-refractivity contribution >= 4 is 11.9 Å². The number of carbonyl (C=O) groups is 1. The predicted octanol–water partition coefficient (Wildman–Crippen LogP) is 2.57. The first-order valence-electron chi connectivity index (χ1n) is 11.2. The van der Waals surface area contributed by atoms with Crippen molar-refractivity contribution in [1.29, 1.82) is 0 Å². The van der Waals surface area contributed by atoms with Gasteiger partial charge in [0, 0.05) is 45.5 Å². The van der Waals surface area contributed by atoms with E-state index in [0.717, 1.165) is 36.3 Å². The highest BCUT2D eigenvalue weighted by molar-refractivity contribution is 5.86. The summed E-state index contributed by atoms with van der Waals surface area (Å²) >= 11 is 0. The summed E-state index contributed by atoms with van der Waals surface area (Å²) in [4.78, 5) is 18.2. The number of carbonyl (C=O) groups excluding carboxylic acids is 1. The lowest BCUT2D eigenvalue weighted by Gasteiger charge is -2.18. The minimum atomic E-state index is -0.0153. The molecule has 1 saturated carbocycles. The van der Waals surface area contributed by atoms with Crippen LogP contribution in [0.5, 0.6) is 11.5 Å². The molecule has 1 fully saturated rings. The first-order valence-corrected chi connectivity index (χ1v) is 11.2. The SMILES string of the molecule is CCOCCCNC(=NCc1ccc(OC)cc1OC1CCCC1)NCC(=O)N(C)C. The summed E-state index contributed by atoms with van der Waals surface area (Å²) in [6.07, 6.45) is 5.70. The van der Waals surface area contributed by atoms with Crippen molar-refractivity contribution in [2.45, 2.75) is 51.7 Å². The topological polar surface area (TPSA) is 84.4 Å². The first kappa shape index (κ1) is 24.8. The molecule has 1 aliphatic rings. The third-order valence-corrected chi connectivity index (χ3v) is 5.15. The van der Waals surface area contributed by atoms with Gasteiger partial charge in [-0.2, -0.15) is 0 Å². The Balaban J connectivity index is 2.06. The summed E-state index contributed by atoms with van der Waals surface area (Å²) in [7, 11) is 5.13. The molecular weight excluding hydrogens is 396 g/mol. The van der Waals surface area contributed by atoms with E-state index in [4.69, 9.17) is 19.2 Å². The molecule has 1 aliphatic carbocycles. The van der Waals surface area contributed by atoms with Crippen molar-refractivity contribution in [1.82, 2.24) is 15.5 Å². The smallest absolute Gasteiger partial charge is 0.241 e. The molecule has 0 aromatic heterocycles. The van der Waals surface area contributed by atoms with E-state index in [1.54, 1.807) is 26.1 Å². The van der Waals surface area contributed by atoms with Crippen molar-refractivity contribution in [2.24, 2.45) is 4.99 Å². The molecule has 0 aliphatic heterocycles. The van der Waals surface area contributed by atoms with Crippen LogP contribution in [-0.4, -0.2) is 70.4 Å². The fourth-order valence-electron chi connectivity index (χ4n) is 3.27. The molecule has 31 heavy (non-hydrogen) atoms. The van der Waals surface area contributed by atoms with Crippen LogP contribution in [0.25, 0.3) is 0 Å². The molecule has 2 N–H and O–H groups in total. The molecule has 0 spiro atoms. The molecule has 0 saturated heterocycles. The Morgan fingerprint density at radius 2 is 2.00 bits per heavy atom. The number of ether oxygens (including phenoxy) is 3. The Morgan fingerprint density at radius 3 is 2.68 bits per heavy atom. The van der Waals surface area contributed by atoms with Crippen LogP contribution in [0.4, 0.5) is 0 Å². The van der Waals surface area contributed by atoms with Crippen LogP contribution in [-0.2, 0) is 16.1 Å². The number of methoxy groups -OCH3 is 1. The number of aliphatic imine (C=N–C) groups is 1. The van der Waals surface area contributed by atoms with Gasteiger partial charge in [0.05, 0.1) is 26.3 Å². The van der Waals surface area contributed by atoms with Crippen molar-refractivity contribution in [3.8, 4) is 11.5 Å². The van der Waals surface area contributed by atoms with E-state index in [1.165, 1.54) is 12.8 Å². The number of amides is 1. The lowest BCUT2D eigenvalue weighted by Crippen LogP contribution is -2.43. The van der Waals surface area contributed by atoms with E-state index in [9.17, 15) is 4.79 Å². The zero-order valence-electron chi connectivity index (χ0n) is 19.4. The number of likely N-dealkylation sites (N-methyl/N-ethyl adjacent to an activating group) is 1. The molecule has 8 nitrogen and oxygen atoms in total. The fourth-order valence-corrected chi connectivity index (χ4v) is 3.27. The number of guanidine groups is 1. The van der Waals surface area contributed by atoms with Gasteiger partial charge in [0.1, 0.15) is 11.5 Å². The summed E-state index contributed by atoms with van der Waals surface area (Å²) in [6, 6.07) is 5.84. The molecule has 0 atom stereocenters. The lowest BCUT2D eigenvalue weighted by molar-refractivity contribution is -0.127. The average molecular weight is 435 g/mol. The molecule has 0 radical (unpaired) electrons. The Hall–Kier alpha value is -2.48. The lowest BCUT2D eigenvalue weighted by atomic mass is 10.2. The van der Waals surface area contributed by atoms with E-state index >= 15 is 0 Å². The number of hydrogen-bond donors (Lipinski definition) is 2. The van der Waals surface area contributed by atoms with Gasteiger partial charge in [0.25, 0.3) is 0 Å². The molecule has 1 amide bonds. The van der Waals surface area contributed by atoms with Crippen molar-refractivity contribution < 1.29 is 19.0 Å². The van der Waals surface area contributed by atoms with Crippen molar-refractivity contribution in [2.75, 3.05) is 47.5 Å². The maximum Gasteiger partial charge on any atom is 0.241 e. The van der Waals surface area contributed by atoms with Crippen LogP contribution in [0.15, 0.2) is 23.2 Å².